The lowest BCUT2D eigenvalue weighted by Crippen LogP contribution is -2.19. The second-order valence-corrected chi connectivity index (χ2v) is 6.74. The third kappa shape index (κ3) is 3.46. The Labute approximate surface area is 122 Å². The van der Waals surface area contributed by atoms with Gasteiger partial charge in [-0.3, -0.25) is 0 Å². The summed E-state index contributed by atoms with van der Waals surface area (Å²) < 4.78 is 50.0. The summed E-state index contributed by atoms with van der Waals surface area (Å²) >= 11 is 0. The zero-order valence-electron chi connectivity index (χ0n) is 11.6. The first-order valence-electron chi connectivity index (χ1n) is 6.25. The molecule has 2 rings (SSSR count). The largest absolute Gasteiger partial charge is 0.309 e. The first-order valence-corrected chi connectivity index (χ1v) is 8.14. The molecule has 0 aromatic heterocycles. The molecule has 0 aliphatic carbocycles. The fourth-order valence-electron chi connectivity index (χ4n) is 2.15. The minimum absolute atomic E-state index is 0.171. The fraction of sp³-hybridized carbons (Fsp3) is 0.200. The Balaban J connectivity index is 2.44. The van der Waals surface area contributed by atoms with Crippen molar-refractivity contribution in [3.05, 3.63) is 65.2 Å². The molecule has 2 aromatic carbocycles. The molecule has 0 aliphatic rings. The summed E-state index contributed by atoms with van der Waals surface area (Å²) in [4.78, 5) is 0.181. The van der Waals surface area contributed by atoms with Gasteiger partial charge >= 0.3 is 0 Å². The summed E-state index contributed by atoms with van der Waals surface area (Å²) in [5.41, 5.74) is 0.819. The van der Waals surface area contributed by atoms with Gasteiger partial charge in [-0.05, 0) is 42.9 Å². The first-order chi connectivity index (χ1) is 9.82. The van der Waals surface area contributed by atoms with Crippen LogP contribution in [0.5, 0.6) is 0 Å². The van der Waals surface area contributed by atoms with Gasteiger partial charge in [-0.2, -0.15) is 0 Å². The average molecular weight is 311 g/mol. The van der Waals surface area contributed by atoms with Gasteiger partial charge in [0.15, 0.2) is 9.84 Å². The Morgan fingerprint density at radius 3 is 2.19 bits per heavy atom. The van der Waals surface area contributed by atoms with Gasteiger partial charge in [0, 0.05) is 11.8 Å². The van der Waals surface area contributed by atoms with E-state index in [1.807, 2.05) is 0 Å². The number of nitrogens with one attached hydrogen (secondary N) is 1. The Bertz CT molecular complexity index is 743. The Morgan fingerprint density at radius 2 is 1.67 bits per heavy atom. The summed E-state index contributed by atoms with van der Waals surface area (Å²) in [6.07, 6.45) is 1.11. The highest BCUT2D eigenvalue weighted by Crippen LogP contribution is 2.25. The number of hydrogen-bond donors (Lipinski definition) is 1. The molecule has 0 spiro atoms. The molecule has 2 aromatic rings. The van der Waals surface area contributed by atoms with Crippen molar-refractivity contribution in [2.45, 2.75) is 10.9 Å². The van der Waals surface area contributed by atoms with Crippen LogP contribution in [-0.4, -0.2) is 21.7 Å². The zero-order chi connectivity index (χ0) is 15.6. The van der Waals surface area contributed by atoms with E-state index in [1.54, 1.807) is 19.2 Å². The number of benzene rings is 2. The van der Waals surface area contributed by atoms with Crippen molar-refractivity contribution in [3.63, 3.8) is 0 Å². The highest BCUT2D eigenvalue weighted by molar-refractivity contribution is 7.90. The summed E-state index contributed by atoms with van der Waals surface area (Å²) in [5.74, 6) is -1.05. The van der Waals surface area contributed by atoms with Crippen molar-refractivity contribution in [1.29, 1.82) is 0 Å². The van der Waals surface area contributed by atoms with Crippen molar-refractivity contribution < 1.29 is 17.2 Å². The summed E-state index contributed by atoms with van der Waals surface area (Å²) in [6.45, 7) is 0. The predicted octanol–water partition coefficient (Wildman–Crippen LogP) is 2.68. The van der Waals surface area contributed by atoms with Crippen LogP contribution in [0.25, 0.3) is 0 Å². The molecule has 0 bridgehead atoms. The lowest BCUT2D eigenvalue weighted by atomic mass is 9.98. The maximum atomic E-state index is 13.9. The lowest BCUT2D eigenvalue weighted by Gasteiger charge is -2.18. The first kappa shape index (κ1) is 15.6. The quantitative estimate of drug-likeness (QED) is 0.944. The zero-order valence-corrected chi connectivity index (χ0v) is 12.4. The summed E-state index contributed by atoms with van der Waals surface area (Å²) in [7, 11) is -1.66. The summed E-state index contributed by atoms with van der Waals surface area (Å²) in [6, 6.07) is 8.76. The van der Waals surface area contributed by atoms with Crippen LogP contribution in [0.1, 0.15) is 17.2 Å². The molecule has 1 atom stereocenters. The number of halogens is 2. The highest BCUT2D eigenvalue weighted by atomic mass is 32.2. The van der Waals surface area contributed by atoms with Crippen LogP contribution in [0, 0.1) is 11.6 Å². The monoisotopic (exact) mass is 311 g/mol. The van der Waals surface area contributed by atoms with Gasteiger partial charge in [0.05, 0.1) is 10.9 Å². The fourth-order valence-corrected chi connectivity index (χ4v) is 2.78. The van der Waals surface area contributed by atoms with Crippen LogP contribution in [0.4, 0.5) is 8.78 Å². The molecule has 1 unspecified atom stereocenters. The van der Waals surface area contributed by atoms with Gasteiger partial charge in [-0.25, -0.2) is 17.2 Å². The van der Waals surface area contributed by atoms with Crippen LogP contribution >= 0.6 is 0 Å². The van der Waals surface area contributed by atoms with Crippen molar-refractivity contribution in [1.82, 2.24) is 5.32 Å². The molecule has 3 nitrogen and oxygen atoms in total. The summed E-state index contributed by atoms with van der Waals surface area (Å²) in [5, 5.41) is 2.90. The van der Waals surface area contributed by atoms with Crippen molar-refractivity contribution in [2.75, 3.05) is 13.3 Å². The molecule has 0 heterocycles. The Hall–Kier alpha value is -1.79. The van der Waals surface area contributed by atoms with E-state index in [-0.39, 0.29) is 10.5 Å². The number of sulfone groups is 1. The third-order valence-corrected chi connectivity index (χ3v) is 4.33. The van der Waals surface area contributed by atoms with E-state index < -0.39 is 27.5 Å². The van der Waals surface area contributed by atoms with Crippen LogP contribution in [0.3, 0.4) is 0 Å². The van der Waals surface area contributed by atoms with E-state index >= 15 is 0 Å². The maximum absolute atomic E-state index is 13.9. The topological polar surface area (TPSA) is 46.2 Å². The van der Waals surface area contributed by atoms with Gasteiger partial charge in [-0.1, -0.05) is 12.1 Å². The smallest absolute Gasteiger partial charge is 0.175 e. The molecule has 0 fully saturated rings. The molecular weight excluding hydrogens is 296 g/mol. The molecule has 0 radical (unpaired) electrons. The molecule has 0 saturated heterocycles. The molecule has 21 heavy (non-hydrogen) atoms. The van der Waals surface area contributed by atoms with E-state index in [4.69, 9.17) is 0 Å². The number of rotatable bonds is 4. The second-order valence-electron chi connectivity index (χ2n) is 4.73. The molecule has 0 aliphatic heterocycles. The maximum Gasteiger partial charge on any atom is 0.175 e. The molecule has 6 heteroatoms. The van der Waals surface area contributed by atoms with Gasteiger partial charge in [0.2, 0.25) is 0 Å². The van der Waals surface area contributed by atoms with E-state index in [9.17, 15) is 17.2 Å². The average Bonchev–Trinajstić information content (AvgIpc) is 2.43. The number of hydrogen-bond acceptors (Lipinski definition) is 3. The van der Waals surface area contributed by atoms with E-state index in [2.05, 4.69) is 5.32 Å². The van der Waals surface area contributed by atoms with Crippen molar-refractivity contribution in [2.24, 2.45) is 0 Å². The molecule has 0 saturated carbocycles. The minimum Gasteiger partial charge on any atom is -0.309 e. The van der Waals surface area contributed by atoms with Crippen molar-refractivity contribution in [3.8, 4) is 0 Å². The van der Waals surface area contributed by atoms with Crippen LogP contribution in [0.2, 0.25) is 0 Å². The molecular formula is C15H15F2NO2S. The van der Waals surface area contributed by atoms with Gasteiger partial charge in [-0.15, -0.1) is 0 Å². The van der Waals surface area contributed by atoms with Crippen LogP contribution < -0.4 is 5.32 Å². The standard InChI is InChI=1S/C15H15F2NO2S/c1-18-15(13-9-11(16)5-8-14(13)17)10-3-6-12(7-4-10)21(2,19)20/h3-9,15,18H,1-2H3. The van der Waals surface area contributed by atoms with E-state index in [1.165, 1.54) is 12.1 Å². The Morgan fingerprint density at radius 1 is 1.05 bits per heavy atom. The van der Waals surface area contributed by atoms with Gasteiger partial charge < -0.3 is 5.32 Å². The lowest BCUT2D eigenvalue weighted by molar-refractivity contribution is 0.558. The van der Waals surface area contributed by atoms with Crippen LogP contribution in [0.15, 0.2) is 47.4 Å². The minimum atomic E-state index is -3.29. The SMILES string of the molecule is CNC(c1ccc(S(C)(=O)=O)cc1)c1cc(F)ccc1F. The van der Waals surface area contributed by atoms with Gasteiger partial charge in [0.1, 0.15) is 11.6 Å². The predicted molar refractivity (Wildman–Crippen MR) is 76.8 cm³/mol. The van der Waals surface area contributed by atoms with E-state index in [0.717, 1.165) is 24.5 Å². The molecule has 0 amide bonds. The van der Waals surface area contributed by atoms with Crippen molar-refractivity contribution >= 4 is 9.84 Å². The second kappa shape index (κ2) is 5.91. The molecule has 112 valence electrons. The molecule has 1 N–H and O–H groups in total. The van der Waals surface area contributed by atoms with E-state index in [0.29, 0.717) is 5.56 Å². The Kier molecular flexibility index (Phi) is 4.39. The van der Waals surface area contributed by atoms with Gasteiger partial charge in [0.25, 0.3) is 0 Å². The third-order valence-electron chi connectivity index (χ3n) is 3.20. The normalized spacial score (nSPS) is 13.1. The van der Waals surface area contributed by atoms with Crippen LogP contribution in [-0.2, 0) is 9.84 Å². The highest BCUT2D eigenvalue weighted by Gasteiger charge is 2.17.